The van der Waals surface area contributed by atoms with Crippen molar-refractivity contribution in [2.24, 2.45) is 0 Å². The van der Waals surface area contributed by atoms with Gasteiger partial charge in [-0.25, -0.2) is 4.79 Å². The Hall–Kier alpha value is -1.72. The van der Waals surface area contributed by atoms with Gasteiger partial charge in [0.05, 0.1) is 7.11 Å². The summed E-state index contributed by atoms with van der Waals surface area (Å²) in [5, 5.41) is 9.83. The zero-order valence-electron chi connectivity index (χ0n) is 9.34. The van der Waals surface area contributed by atoms with E-state index in [-0.39, 0.29) is 4.88 Å². The van der Waals surface area contributed by atoms with Gasteiger partial charge in [-0.2, -0.15) is 0 Å². The van der Waals surface area contributed by atoms with Crippen molar-refractivity contribution in [1.82, 2.24) is 0 Å². The van der Waals surface area contributed by atoms with Crippen LogP contribution in [0.4, 0.5) is 0 Å². The highest BCUT2D eigenvalue weighted by Crippen LogP contribution is 2.36. The van der Waals surface area contributed by atoms with E-state index in [1.807, 2.05) is 0 Å². The molecule has 0 bridgehead atoms. The number of ether oxygens (including phenoxy) is 2. The number of carboxylic acids is 1. The molecule has 0 aliphatic carbocycles. The zero-order chi connectivity index (χ0) is 13.1. The fourth-order valence-corrected chi connectivity index (χ4v) is 2.19. The first-order chi connectivity index (χ1) is 8.60. The maximum atomic E-state index is 10.7. The van der Waals surface area contributed by atoms with E-state index in [1.54, 1.807) is 24.3 Å². The average Bonchev–Trinajstić information content (AvgIpc) is 2.80. The minimum atomic E-state index is -0.974. The number of carboxylic acid groups (broad SMARTS) is 1. The van der Waals surface area contributed by atoms with E-state index < -0.39 is 5.97 Å². The SMILES string of the molecule is COc1cc(Cl)ccc1Oc1ccc(C(=O)O)s1. The van der Waals surface area contributed by atoms with E-state index in [9.17, 15) is 4.79 Å². The molecule has 2 aromatic rings. The summed E-state index contributed by atoms with van der Waals surface area (Å²) in [4.78, 5) is 11.0. The van der Waals surface area contributed by atoms with Crippen LogP contribution in [0.15, 0.2) is 30.3 Å². The number of rotatable bonds is 4. The molecule has 1 heterocycles. The zero-order valence-corrected chi connectivity index (χ0v) is 10.9. The Morgan fingerprint density at radius 2 is 2.06 bits per heavy atom. The van der Waals surface area contributed by atoms with Gasteiger partial charge < -0.3 is 14.6 Å². The van der Waals surface area contributed by atoms with Crippen molar-refractivity contribution < 1.29 is 19.4 Å². The molecule has 0 amide bonds. The molecular weight excluding hydrogens is 276 g/mol. The molecule has 0 atom stereocenters. The van der Waals surface area contributed by atoms with Crippen LogP contribution in [0.25, 0.3) is 0 Å². The molecule has 1 N–H and O–H groups in total. The van der Waals surface area contributed by atoms with Gasteiger partial charge in [0.25, 0.3) is 0 Å². The van der Waals surface area contributed by atoms with Crippen LogP contribution < -0.4 is 9.47 Å². The van der Waals surface area contributed by atoms with Crippen molar-refractivity contribution in [2.75, 3.05) is 7.11 Å². The van der Waals surface area contributed by atoms with E-state index in [0.717, 1.165) is 11.3 Å². The van der Waals surface area contributed by atoms with Crippen LogP contribution in [0.3, 0.4) is 0 Å². The van der Waals surface area contributed by atoms with Crippen molar-refractivity contribution in [3.63, 3.8) is 0 Å². The van der Waals surface area contributed by atoms with E-state index in [0.29, 0.717) is 21.6 Å². The van der Waals surface area contributed by atoms with Gasteiger partial charge in [0.1, 0.15) is 4.88 Å². The van der Waals surface area contributed by atoms with Crippen LogP contribution in [0.1, 0.15) is 9.67 Å². The van der Waals surface area contributed by atoms with Crippen molar-refractivity contribution in [2.45, 2.75) is 0 Å². The molecular formula is C12H9ClO4S. The standard InChI is InChI=1S/C12H9ClO4S/c1-16-9-6-7(13)2-3-8(9)17-11-5-4-10(18-11)12(14)15/h2-6H,1H3,(H,14,15). The second-order valence-corrected chi connectivity index (χ2v) is 4.80. The van der Waals surface area contributed by atoms with Crippen LogP contribution in [-0.2, 0) is 0 Å². The quantitative estimate of drug-likeness (QED) is 0.925. The lowest BCUT2D eigenvalue weighted by molar-refractivity contribution is 0.0702. The largest absolute Gasteiger partial charge is 0.493 e. The molecule has 6 heteroatoms. The second kappa shape index (κ2) is 5.29. The lowest BCUT2D eigenvalue weighted by Gasteiger charge is -2.08. The topological polar surface area (TPSA) is 55.8 Å². The third-order valence-corrected chi connectivity index (χ3v) is 3.31. The van der Waals surface area contributed by atoms with Crippen LogP contribution in [0.5, 0.6) is 16.6 Å². The summed E-state index contributed by atoms with van der Waals surface area (Å²) < 4.78 is 10.7. The molecule has 0 aliphatic rings. The molecule has 94 valence electrons. The maximum absolute atomic E-state index is 10.7. The number of halogens is 1. The lowest BCUT2D eigenvalue weighted by Crippen LogP contribution is -1.90. The van der Waals surface area contributed by atoms with Crippen LogP contribution in [-0.4, -0.2) is 18.2 Å². The minimum Gasteiger partial charge on any atom is -0.493 e. The van der Waals surface area contributed by atoms with Crippen LogP contribution in [0, 0.1) is 0 Å². The Morgan fingerprint density at radius 1 is 1.28 bits per heavy atom. The van der Waals surface area contributed by atoms with Crippen LogP contribution in [0.2, 0.25) is 5.02 Å². The van der Waals surface area contributed by atoms with Crippen molar-refractivity contribution in [3.8, 4) is 16.6 Å². The first-order valence-corrected chi connectivity index (χ1v) is 6.14. The highest BCUT2D eigenvalue weighted by atomic mass is 35.5. The second-order valence-electron chi connectivity index (χ2n) is 3.32. The molecule has 0 unspecified atom stereocenters. The minimum absolute atomic E-state index is 0.220. The van der Waals surface area contributed by atoms with Crippen LogP contribution >= 0.6 is 22.9 Å². The molecule has 1 aromatic carbocycles. The van der Waals surface area contributed by atoms with Gasteiger partial charge in [-0.3, -0.25) is 0 Å². The smallest absolute Gasteiger partial charge is 0.345 e. The molecule has 4 nitrogen and oxygen atoms in total. The summed E-state index contributed by atoms with van der Waals surface area (Å²) in [6.07, 6.45) is 0. The molecule has 0 saturated heterocycles. The van der Waals surface area contributed by atoms with E-state index in [1.165, 1.54) is 13.2 Å². The third-order valence-electron chi connectivity index (χ3n) is 2.13. The van der Waals surface area contributed by atoms with E-state index in [2.05, 4.69) is 0 Å². The van der Waals surface area contributed by atoms with Gasteiger partial charge in [0, 0.05) is 11.1 Å². The number of hydrogen-bond donors (Lipinski definition) is 1. The Kier molecular flexibility index (Phi) is 3.74. The Bertz CT molecular complexity index is 579. The number of thiophene rings is 1. The predicted octanol–water partition coefficient (Wildman–Crippen LogP) is 3.90. The number of methoxy groups -OCH3 is 1. The summed E-state index contributed by atoms with van der Waals surface area (Å²) in [5.74, 6) is 0.00591. The summed E-state index contributed by atoms with van der Waals surface area (Å²) in [5.41, 5.74) is 0. The van der Waals surface area contributed by atoms with Gasteiger partial charge in [-0.1, -0.05) is 22.9 Å². The highest BCUT2D eigenvalue weighted by molar-refractivity contribution is 7.15. The van der Waals surface area contributed by atoms with Gasteiger partial charge >= 0.3 is 5.97 Å². The molecule has 0 fully saturated rings. The highest BCUT2D eigenvalue weighted by Gasteiger charge is 2.11. The summed E-state index contributed by atoms with van der Waals surface area (Å²) in [6, 6.07) is 8.06. The monoisotopic (exact) mass is 284 g/mol. The van der Waals surface area contributed by atoms with Crippen molar-refractivity contribution >= 4 is 28.9 Å². The number of carbonyl (C=O) groups is 1. The fraction of sp³-hybridized carbons (Fsp3) is 0.0833. The number of aromatic carboxylic acids is 1. The maximum Gasteiger partial charge on any atom is 0.345 e. The molecule has 18 heavy (non-hydrogen) atoms. The van der Waals surface area contributed by atoms with Crippen molar-refractivity contribution in [1.29, 1.82) is 0 Å². The lowest BCUT2D eigenvalue weighted by atomic mass is 10.3. The van der Waals surface area contributed by atoms with Gasteiger partial charge in [-0.05, 0) is 24.3 Å². The Morgan fingerprint density at radius 3 is 2.67 bits per heavy atom. The molecule has 2 rings (SSSR count). The number of hydrogen-bond acceptors (Lipinski definition) is 4. The molecule has 1 aromatic heterocycles. The summed E-state index contributed by atoms with van der Waals surface area (Å²) in [7, 11) is 1.51. The normalized spacial score (nSPS) is 10.1. The Labute approximate surface area is 112 Å². The number of benzene rings is 1. The fourth-order valence-electron chi connectivity index (χ4n) is 1.32. The third kappa shape index (κ3) is 2.75. The molecule has 0 saturated carbocycles. The van der Waals surface area contributed by atoms with E-state index >= 15 is 0 Å². The predicted molar refractivity (Wildman–Crippen MR) is 69.4 cm³/mol. The van der Waals surface area contributed by atoms with Gasteiger partial charge in [0.15, 0.2) is 16.6 Å². The van der Waals surface area contributed by atoms with Gasteiger partial charge in [-0.15, -0.1) is 0 Å². The van der Waals surface area contributed by atoms with Gasteiger partial charge in [0.2, 0.25) is 0 Å². The molecule has 0 aliphatic heterocycles. The molecule has 0 radical (unpaired) electrons. The van der Waals surface area contributed by atoms with E-state index in [4.69, 9.17) is 26.2 Å². The average molecular weight is 285 g/mol. The summed E-state index contributed by atoms with van der Waals surface area (Å²) >= 11 is 6.88. The first-order valence-electron chi connectivity index (χ1n) is 4.94. The Balaban J connectivity index is 2.25. The first kappa shape index (κ1) is 12.7. The summed E-state index contributed by atoms with van der Waals surface area (Å²) in [6.45, 7) is 0. The molecule has 0 spiro atoms. The van der Waals surface area contributed by atoms with Crippen molar-refractivity contribution in [3.05, 3.63) is 40.2 Å².